The lowest BCUT2D eigenvalue weighted by Gasteiger charge is -2.15. The van der Waals surface area contributed by atoms with Gasteiger partial charge in [0.1, 0.15) is 0 Å². The molecule has 4 nitrogen and oxygen atoms in total. The van der Waals surface area contributed by atoms with Gasteiger partial charge in [-0.25, -0.2) is 9.59 Å². The van der Waals surface area contributed by atoms with Crippen LogP contribution in [0.3, 0.4) is 0 Å². The summed E-state index contributed by atoms with van der Waals surface area (Å²) in [4.78, 5) is 23.1. The summed E-state index contributed by atoms with van der Waals surface area (Å²) in [7, 11) is 0. The summed E-state index contributed by atoms with van der Waals surface area (Å²) in [5, 5.41) is 0. The smallest absolute Gasteiger partial charge is 0.417 e. The highest BCUT2D eigenvalue weighted by molar-refractivity contribution is 6.29. The van der Waals surface area contributed by atoms with E-state index < -0.39 is 11.9 Å². The van der Waals surface area contributed by atoms with Crippen molar-refractivity contribution in [1.82, 2.24) is 0 Å². The van der Waals surface area contributed by atoms with Crippen molar-refractivity contribution in [2.75, 3.05) is 0 Å². The lowest BCUT2D eigenvalue weighted by molar-refractivity contribution is -0.173. The van der Waals surface area contributed by atoms with Crippen molar-refractivity contribution in [2.45, 2.75) is 91.3 Å². The molecule has 0 aromatic carbocycles. The lowest BCUT2D eigenvalue weighted by atomic mass is 10.1. The maximum Gasteiger partial charge on any atom is 0.417 e. The number of carbonyl (C=O) groups is 2. The van der Waals surface area contributed by atoms with Crippen LogP contribution in [0.5, 0.6) is 0 Å². The molecule has 0 bridgehead atoms. The summed E-state index contributed by atoms with van der Waals surface area (Å²) >= 11 is 0. The van der Waals surface area contributed by atoms with Crippen LogP contribution in [0.25, 0.3) is 0 Å². The van der Waals surface area contributed by atoms with Crippen molar-refractivity contribution in [1.29, 1.82) is 0 Å². The molecule has 0 aliphatic carbocycles. The van der Waals surface area contributed by atoms with Gasteiger partial charge in [0.05, 0.1) is 12.2 Å². The SMILES string of the molecule is CCCCCC(C)OC(=O)C(=O)OC(C)CCCCC. The van der Waals surface area contributed by atoms with Crippen LogP contribution in [0, 0.1) is 0 Å². The standard InChI is InChI=1S/C16H30O4/c1-5-7-9-11-13(3)19-15(17)16(18)20-14(4)12-10-8-6-2/h13-14H,5-12H2,1-4H3. The summed E-state index contributed by atoms with van der Waals surface area (Å²) in [6, 6.07) is 0. The zero-order chi connectivity index (χ0) is 15.4. The molecule has 0 N–H and O–H groups in total. The molecular formula is C16H30O4. The van der Waals surface area contributed by atoms with E-state index in [0.717, 1.165) is 51.4 Å². The Bertz CT molecular complexity index is 248. The predicted molar refractivity (Wildman–Crippen MR) is 79.4 cm³/mol. The minimum Gasteiger partial charge on any atom is -0.454 e. The monoisotopic (exact) mass is 286 g/mol. The Kier molecular flexibility index (Phi) is 11.1. The molecule has 4 heteroatoms. The van der Waals surface area contributed by atoms with Crippen molar-refractivity contribution in [3.05, 3.63) is 0 Å². The fourth-order valence-corrected chi connectivity index (χ4v) is 1.94. The third-order valence-electron chi connectivity index (χ3n) is 3.21. The average Bonchev–Trinajstić information content (AvgIpc) is 2.39. The first kappa shape index (κ1) is 18.9. The third kappa shape index (κ3) is 9.82. The van der Waals surface area contributed by atoms with Crippen LogP contribution in [0.2, 0.25) is 0 Å². The van der Waals surface area contributed by atoms with E-state index in [1.165, 1.54) is 0 Å². The van der Waals surface area contributed by atoms with Crippen LogP contribution >= 0.6 is 0 Å². The summed E-state index contributed by atoms with van der Waals surface area (Å²) in [6.45, 7) is 7.86. The Morgan fingerprint density at radius 1 is 0.750 bits per heavy atom. The van der Waals surface area contributed by atoms with E-state index >= 15 is 0 Å². The number of unbranched alkanes of at least 4 members (excludes halogenated alkanes) is 4. The van der Waals surface area contributed by atoms with E-state index in [1.807, 2.05) is 13.8 Å². The molecule has 2 unspecified atom stereocenters. The van der Waals surface area contributed by atoms with Gasteiger partial charge in [-0.3, -0.25) is 0 Å². The van der Waals surface area contributed by atoms with E-state index in [4.69, 9.17) is 9.47 Å². The Labute approximate surface area is 123 Å². The number of rotatable bonds is 10. The van der Waals surface area contributed by atoms with Crippen LogP contribution in [-0.4, -0.2) is 24.1 Å². The number of hydrogen-bond donors (Lipinski definition) is 0. The molecule has 0 aromatic heterocycles. The van der Waals surface area contributed by atoms with Crippen molar-refractivity contribution < 1.29 is 19.1 Å². The molecule has 0 amide bonds. The molecule has 0 rings (SSSR count). The van der Waals surface area contributed by atoms with Crippen molar-refractivity contribution in [3.8, 4) is 0 Å². The lowest BCUT2D eigenvalue weighted by Crippen LogP contribution is -2.27. The minimum atomic E-state index is -0.865. The highest BCUT2D eigenvalue weighted by atomic mass is 16.6. The molecule has 0 aromatic rings. The predicted octanol–water partition coefficient (Wildman–Crippen LogP) is 4.01. The molecule has 118 valence electrons. The second-order valence-corrected chi connectivity index (χ2v) is 5.42. The topological polar surface area (TPSA) is 52.6 Å². The largest absolute Gasteiger partial charge is 0.454 e. The van der Waals surface area contributed by atoms with Crippen LogP contribution < -0.4 is 0 Å². The fourth-order valence-electron chi connectivity index (χ4n) is 1.94. The Morgan fingerprint density at radius 3 is 1.40 bits per heavy atom. The first-order chi connectivity index (χ1) is 9.51. The second-order valence-electron chi connectivity index (χ2n) is 5.42. The van der Waals surface area contributed by atoms with Gasteiger partial charge in [-0.1, -0.05) is 39.5 Å². The number of carbonyl (C=O) groups excluding carboxylic acids is 2. The van der Waals surface area contributed by atoms with Gasteiger partial charge in [-0.05, 0) is 39.5 Å². The van der Waals surface area contributed by atoms with Crippen molar-refractivity contribution >= 4 is 11.9 Å². The molecule has 0 heterocycles. The van der Waals surface area contributed by atoms with E-state index in [0.29, 0.717) is 0 Å². The molecular weight excluding hydrogens is 256 g/mol. The summed E-state index contributed by atoms with van der Waals surface area (Å²) in [5.41, 5.74) is 0. The summed E-state index contributed by atoms with van der Waals surface area (Å²) in [6.07, 6.45) is 7.62. The van der Waals surface area contributed by atoms with Crippen LogP contribution in [0.4, 0.5) is 0 Å². The van der Waals surface area contributed by atoms with Crippen molar-refractivity contribution in [3.63, 3.8) is 0 Å². The van der Waals surface area contributed by atoms with Crippen LogP contribution in [0.15, 0.2) is 0 Å². The number of esters is 2. The molecule has 2 atom stereocenters. The van der Waals surface area contributed by atoms with Crippen LogP contribution in [0.1, 0.15) is 79.1 Å². The van der Waals surface area contributed by atoms with Gasteiger partial charge in [0.15, 0.2) is 0 Å². The van der Waals surface area contributed by atoms with Crippen molar-refractivity contribution in [2.24, 2.45) is 0 Å². The fraction of sp³-hybridized carbons (Fsp3) is 0.875. The highest BCUT2D eigenvalue weighted by Crippen LogP contribution is 2.09. The quantitative estimate of drug-likeness (QED) is 0.346. The maximum atomic E-state index is 11.6. The van der Waals surface area contributed by atoms with E-state index in [2.05, 4.69) is 13.8 Å². The van der Waals surface area contributed by atoms with E-state index in [9.17, 15) is 9.59 Å². The third-order valence-corrected chi connectivity index (χ3v) is 3.21. The molecule has 0 saturated heterocycles. The van der Waals surface area contributed by atoms with E-state index in [-0.39, 0.29) is 12.2 Å². The van der Waals surface area contributed by atoms with E-state index in [1.54, 1.807) is 0 Å². The molecule has 0 aliphatic rings. The normalized spacial score (nSPS) is 13.6. The zero-order valence-corrected chi connectivity index (χ0v) is 13.4. The minimum absolute atomic E-state index is 0.225. The maximum absolute atomic E-state index is 11.6. The van der Waals surface area contributed by atoms with Gasteiger partial charge in [-0.15, -0.1) is 0 Å². The number of ether oxygens (including phenoxy) is 2. The molecule has 0 spiro atoms. The number of hydrogen-bond acceptors (Lipinski definition) is 4. The average molecular weight is 286 g/mol. The molecule has 0 fully saturated rings. The second kappa shape index (κ2) is 11.7. The van der Waals surface area contributed by atoms with Crippen LogP contribution in [-0.2, 0) is 19.1 Å². The van der Waals surface area contributed by atoms with Gasteiger partial charge in [0.2, 0.25) is 0 Å². The Morgan fingerprint density at radius 2 is 1.10 bits per heavy atom. The van der Waals surface area contributed by atoms with Gasteiger partial charge in [0.25, 0.3) is 0 Å². The van der Waals surface area contributed by atoms with Gasteiger partial charge < -0.3 is 9.47 Å². The first-order valence-electron chi connectivity index (χ1n) is 7.92. The summed E-state index contributed by atoms with van der Waals surface area (Å²) in [5.74, 6) is -1.73. The Balaban J connectivity index is 3.87. The zero-order valence-electron chi connectivity index (χ0n) is 13.4. The molecule has 0 aliphatic heterocycles. The first-order valence-corrected chi connectivity index (χ1v) is 7.92. The van der Waals surface area contributed by atoms with Gasteiger partial charge in [-0.2, -0.15) is 0 Å². The molecule has 0 radical (unpaired) electrons. The highest BCUT2D eigenvalue weighted by Gasteiger charge is 2.22. The van der Waals surface area contributed by atoms with Gasteiger partial charge in [0, 0.05) is 0 Å². The summed E-state index contributed by atoms with van der Waals surface area (Å²) < 4.78 is 10.1. The molecule has 20 heavy (non-hydrogen) atoms. The molecule has 0 saturated carbocycles. The van der Waals surface area contributed by atoms with Gasteiger partial charge >= 0.3 is 11.9 Å². The Hall–Kier alpha value is -1.06.